The Labute approximate surface area is 653 Å². The molecule has 9 aromatic rings. The fourth-order valence-electron chi connectivity index (χ4n) is 18.4. The van der Waals surface area contributed by atoms with Crippen molar-refractivity contribution in [2.24, 2.45) is 0 Å². The summed E-state index contributed by atoms with van der Waals surface area (Å²) in [4.78, 5) is 49.1. The van der Waals surface area contributed by atoms with Crippen molar-refractivity contribution in [3.8, 4) is 0 Å². The normalized spacial score (nSPS) is 21.9. The third-order valence-electron chi connectivity index (χ3n) is 24.9. The number of aliphatic hydroxyl groups is 3. The van der Waals surface area contributed by atoms with Gasteiger partial charge in [-0.25, -0.2) is 15.0 Å². The number of likely N-dealkylation sites (tertiary alicyclic amines) is 3. The number of nitrogens with one attached hydrogen (secondary N) is 3. The average Bonchev–Trinajstić information content (AvgIpc) is 1.62. The zero-order valence-corrected chi connectivity index (χ0v) is 67.1. The van der Waals surface area contributed by atoms with Crippen LogP contribution in [0.3, 0.4) is 0 Å². The quantitative estimate of drug-likeness (QED) is 0.0351. The molecule has 1 amide bonds. The van der Waals surface area contributed by atoms with Gasteiger partial charge >= 0.3 is 0 Å². The highest BCUT2D eigenvalue weighted by Gasteiger charge is 2.34. The predicted molar refractivity (Wildman–Crippen MR) is 449 cm³/mol. The molecular weight excluding hydrogens is 1370 g/mol. The van der Waals surface area contributed by atoms with E-state index >= 15 is 0 Å². The average molecular weight is 1490 g/mol. The molecule has 588 valence electrons. The first-order valence-corrected chi connectivity index (χ1v) is 42.2. The molecule has 0 spiro atoms. The van der Waals surface area contributed by atoms with Gasteiger partial charge in [-0.05, 0) is 233 Å². The number of hydrogen-bond donors (Lipinski definition) is 6. The number of anilines is 3. The van der Waals surface area contributed by atoms with Crippen molar-refractivity contribution in [3.63, 3.8) is 0 Å². The highest BCUT2D eigenvalue weighted by atomic mass is 16.3. The monoisotopic (exact) mass is 1490 g/mol. The van der Waals surface area contributed by atoms with Crippen LogP contribution in [0.25, 0.3) is 44.5 Å². The molecule has 6 aliphatic rings. The highest BCUT2D eigenvalue weighted by molar-refractivity contribution is 5.94. The molecule has 110 heavy (non-hydrogen) atoms. The van der Waals surface area contributed by atoms with Gasteiger partial charge in [-0.3, -0.25) is 4.79 Å². The number of nitrogens with zero attached hydrogens (tertiary/aromatic N) is 12. The van der Waals surface area contributed by atoms with E-state index in [9.17, 15) is 20.1 Å². The number of fused-ring (bicyclic) bond motifs is 3. The molecule has 0 unspecified atom stereocenters. The summed E-state index contributed by atoms with van der Waals surface area (Å²) in [7, 11) is 0. The van der Waals surface area contributed by atoms with Gasteiger partial charge in [0.25, 0.3) is 5.91 Å². The first-order chi connectivity index (χ1) is 53.4. The third-order valence-corrected chi connectivity index (χ3v) is 24.9. The lowest BCUT2D eigenvalue weighted by Crippen LogP contribution is -2.37. The van der Waals surface area contributed by atoms with Crippen LogP contribution in [0.4, 0.5) is 17.8 Å². The minimum absolute atomic E-state index is 0.123. The zero-order chi connectivity index (χ0) is 77.0. The maximum Gasteiger partial charge on any atom is 0.253 e. The van der Waals surface area contributed by atoms with E-state index in [0.717, 1.165) is 245 Å². The van der Waals surface area contributed by atoms with Crippen LogP contribution in [-0.2, 0) is 0 Å². The second-order valence-corrected chi connectivity index (χ2v) is 33.2. The molecule has 3 aromatic carbocycles. The molecule has 6 fully saturated rings. The molecule has 3 saturated carbocycles. The third kappa shape index (κ3) is 19.3. The van der Waals surface area contributed by atoms with Crippen LogP contribution >= 0.6 is 0 Å². The maximum absolute atomic E-state index is 12.9. The fraction of sp³-hybridized carbons (Fsp3) is 0.549. The van der Waals surface area contributed by atoms with Crippen LogP contribution in [-0.4, -0.2) is 155 Å². The van der Waals surface area contributed by atoms with E-state index in [1.54, 1.807) is 0 Å². The summed E-state index contributed by atoms with van der Waals surface area (Å²) in [6.07, 6.45) is 36.6. The van der Waals surface area contributed by atoms with Crippen LogP contribution < -0.4 is 16.0 Å². The number of amides is 1. The van der Waals surface area contributed by atoms with Crippen LogP contribution in [0.2, 0.25) is 0 Å². The highest BCUT2D eigenvalue weighted by Crippen LogP contribution is 2.44. The molecule has 3 aliphatic heterocycles. The Kier molecular flexibility index (Phi) is 26.8. The van der Waals surface area contributed by atoms with Gasteiger partial charge < -0.3 is 59.7 Å². The van der Waals surface area contributed by atoms with Crippen LogP contribution in [0.5, 0.6) is 0 Å². The molecule has 6 N–H and O–H groups in total. The number of aryl methyl sites for hydroxylation is 2. The molecule has 3 saturated heterocycles. The van der Waals surface area contributed by atoms with E-state index in [0.29, 0.717) is 60.0 Å². The summed E-state index contributed by atoms with van der Waals surface area (Å²) in [5, 5.41) is 44.3. The van der Waals surface area contributed by atoms with Crippen molar-refractivity contribution in [2.75, 3.05) is 55.2 Å². The number of carbonyl (C=O) groups is 1. The summed E-state index contributed by atoms with van der Waals surface area (Å²) < 4.78 is 7.17. The number of hydrogen-bond acceptors (Lipinski definition) is 15. The molecule has 9 heterocycles. The molecule has 3 aliphatic carbocycles. The molecule has 19 nitrogen and oxygen atoms in total. The number of benzene rings is 3. The fourth-order valence-corrected chi connectivity index (χ4v) is 18.4. The molecular formula is C91H125N15O4. The van der Waals surface area contributed by atoms with Crippen molar-refractivity contribution < 1.29 is 20.1 Å². The van der Waals surface area contributed by atoms with E-state index in [2.05, 4.69) is 175 Å². The lowest BCUT2D eigenvalue weighted by molar-refractivity contribution is 0.0713. The van der Waals surface area contributed by atoms with E-state index in [4.69, 9.17) is 29.9 Å². The zero-order valence-electron chi connectivity index (χ0n) is 67.1. The minimum atomic E-state index is -0.184. The number of piperidine rings is 3. The second kappa shape index (κ2) is 37.1. The Balaban J connectivity index is 0.000000145. The van der Waals surface area contributed by atoms with Crippen molar-refractivity contribution in [1.29, 1.82) is 0 Å². The van der Waals surface area contributed by atoms with Crippen molar-refractivity contribution in [2.45, 2.75) is 282 Å². The Bertz CT molecular complexity index is 4480. The Morgan fingerprint density at radius 1 is 0.418 bits per heavy atom. The lowest BCUT2D eigenvalue weighted by Gasteiger charge is -2.35. The van der Waals surface area contributed by atoms with Gasteiger partial charge in [-0.15, -0.1) is 0 Å². The van der Waals surface area contributed by atoms with Crippen LogP contribution in [0, 0.1) is 13.8 Å². The van der Waals surface area contributed by atoms with Crippen LogP contribution in [0.1, 0.15) is 281 Å². The summed E-state index contributed by atoms with van der Waals surface area (Å²) >= 11 is 0. The molecule has 19 heteroatoms. The van der Waals surface area contributed by atoms with Crippen molar-refractivity contribution >= 4 is 68.2 Å². The van der Waals surface area contributed by atoms with Gasteiger partial charge in [0.15, 0.2) is 0 Å². The number of carbonyl (C=O) groups excluding carboxylic acids is 1. The number of rotatable bonds is 23. The van der Waals surface area contributed by atoms with Gasteiger partial charge in [0, 0.05) is 146 Å². The topological polar surface area (TPSA) is 216 Å². The van der Waals surface area contributed by atoms with Crippen molar-refractivity contribution in [1.82, 2.24) is 58.3 Å². The number of aromatic nitrogens is 9. The van der Waals surface area contributed by atoms with Gasteiger partial charge in [0.05, 0.1) is 18.3 Å². The van der Waals surface area contributed by atoms with E-state index in [1.165, 1.54) is 49.7 Å². The largest absolute Gasteiger partial charge is 0.393 e. The Morgan fingerprint density at radius 3 is 1.10 bits per heavy atom. The first kappa shape index (κ1) is 79.4. The van der Waals surface area contributed by atoms with Crippen LogP contribution in [0.15, 0.2) is 129 Å². The first-order valence-electron chi connectivity index (χ1n) is 42.2. The predicted octanol–water partition coefficient (Wildman–Crippen LogP) is 18.9. The van der Waals surface area contributed by atoms with Gasteiger partial charge in [0.1, 0.15) is 16.9 Å². The molecule has 15 rings (SSSR count). The van der Waals surface area contributed by atoms with Gasteiger partial charge in [-0.2, -0.15) is 15.0 Å². The molecule has 0 radical (unpaired) electrons. The summed E-state index contributed by atoms with van der Waals surface area (Å²) in [5.74, 6) is 3.61. The smallest absolute Gasteiger partial charge is 0.253 e. The summed E-state index contributed by atoms with van der Waals surface area (Å²) in [6, 6.07) is 29.1. The molecule has 3 atom stereocenters. The summed E-state index contributed by atoms with van der Waals surface area (Å²) in [5.41, 5.74) is 15.2. The Morgan fingerprint density at radius 2 is 0.755 bits per heavy atom. The lowest BCUT2D eigenvalue weighted by atomic mass is 9.89. The maximum atomic E-state index is 12.9. The van der Waals surface area contributed by atoms with Crippen molar-refractivity contribution in [3.05, 3.63) is 174 Å². The number of aliphatic hydroxyl groups excluding tert-OH is 3. The minimum Gasteiger partial charge on any atom is -0.393 e. The van der Waals surface area contributed by atoms with E-state index in [-0.39, 0.29) is 24.2 Å². The van der Waals surface area contributed by atoms with Gasteiger partial charge in [0.2, 0.25) is 17.8 Å². The Hall–Kier alpha value is -8.65. The molecule has 6 aromatic heterocycles. The standard InChI is InChI=1S/2C31H43N5O.C29H39N5O2/c1-5-7-22(3)33-31-32-19-28-29(20-36(30(28)34-31)26-10-12-27(37)13-11-26)24-14-16-35(17-15-24)23(4)25-9-6-8-21(2)18-25;1-5-6-22(3)33-31-32-19-28-29(20-36(30(28)34-31)26-11-13-27(37)14-12-26)25-15-17-35(18-16-25)23(4)24-9-7-21(2)8-10-24;1-3-7-20(2)31-29-30-18-25-26(19-34(27(25)32-29)23-10-12-24(35)13-11-23)21-14-16-33(17-15-21)28(36)22-8-5-4-6-9-22/h6,8-9,18-20,22,24,26-27,37H,4-5,7,10-17H2,1-3H3,(H,32,33,34);7-10,19-20,22,25-27,37H,4-6,11-18H2,1-3H3,(H,32,33,34);4-6,8-9,18-21,23-24,35H,3,7,10-17H2,1-2H3,(H,30,31,32)/t2*22-,26?,27?;20-,23?,24?/m000/s1. The summed E-state index contributed by atoms with van der Waals surface area (Å²) in [6.45, 7) is 31.8. The van der Waals surface area contributed by atoms with Gasteiger partial charge in [-0.1, -0.05) is 125 Å². The SMILES string of the molecule is C=C(c1ccc(C)cc1)N1CCC(c2cn(C3CCC(O)CC3)c3nc(N[C@@H](C)CCC)ncc23)CC1.C=C(c1cccc(C)c1)N1CCC(c2cn(C3CCC(O)CC3)c3nc(N[C@@H](C)CCC)ncc23)CC1.CCC[C@H](C)Nc1ncc2c(C3CCN(C(=O)c4ccccc4)CC3)cn(C3CCC(O)CC3)c2n1. The van der Waals surface area contributed by atoms with E-state index < -0.39 is 0 Å². The van der Waals surface area contributed by atoms with E-state index in [1.807, 2.05) is 53.8 Å². The molecule has 0 bridgehead atoms. The second-order valence-electron chi connectivity index (χ2n) is 33.2.